The topological polar surface area (TPSA) is 23.8 Å². The Bertz CT molecular complexity index is 593. The summed E-state index contributed by atoms with van der Waals surface area (Å²) < 4.78 is 29.9. The zero-order chi connectivity index (χ0) is 17.9. The van der Waals surface area contributed by atoms with Crippen molar-refractivity contribution < 1.29 is 8.78 Å². The quantitative estimate of drug-likeness (QED) is 0.597. The summed E-state index contributed by atoms with van der Waals surface area (Å²) in [6, 6.07) is 9.29. The molecule has 0 spiro atoms. The number of halogens is 2. The maximum Gasteiger partial charge on any atom is 0.251 e. The highest BCUT2D eigenvalue weighted by Crippen LogP contribution is 2.51. The molecule has 2 aliphatic rings. The zero-order valence-electron chi connectivity index (χ0n) is 15.2. The highest BCUT2D eigenvalue weighted by atomic mass is 19.3. The summed E-state index contributed by atoms with van der Waals surface area (Å²) in [7, 11) is 0. The van der Waals surface area contributed by atoms with Crippen LogP contribution >= 0.6 is 0 Å². The van der Waals surface area contributed by atoms with Gasteiger partial charge < -0.3 is 0 Å². The minimum absolute atomic E-state index is 0.0293. The Morgan fingerprint density at radius 3 is 2.28 bits per heavy atom. The Kier molecular flexibility index (Phi) is 5.77. The average molecular weight is 345 g/mol. The van der Waals surface area contributed by atoms with Crippen LogP contribution in [0.15, 0.2) is 24.3 Å². The van der Waals surface area contributed by atoms with Gasteiger partial charge in [-0.3, -0.25) is 0 Å². The summed E-state index contributed by atoms with van der Waals surface area (Å²) in [6.07, 6.45) is 8.20. The first-order valence-electron chi connectivity index (χ1n) is 9.91. The van der Waals surface area contributed by atoms with Crippen molar-refractivity contribution in [2.45, 2.75) is 76.6 Å². The zero-order valence-corrected chi connectivity index (χ0v) is 15.2. The molecule has 0 N–H and O–H groups in total. The van der Waals surface area contributed by atoms with Gasteiger partial charge in [0.15, 0.2) is 0 Å². The van der Waals surface area contributed by atoms with Gasteiger partial charge in [0.1, 0.15) is 0 Å². The summed E-state index contributed by atoms with van der Waals surface area (Å²) >= 11 is 0. The molecular weight excluding hydrogens is 316 g/mol. The van der Waals surface area contributed by atoms with E-state index >= 15 is 0 Å². The third kappa shape index (κ3) is 4.22. The summed E-state index contributed by atoms with van der Waals surface area (Å²) in [5.74, 6) is -2.07. The molecule has 1 aromatic rings. The van der Waals surface area contributed by atoms with Gasteiger partial charge in [-0.2, -0.15) is 5.26 Å². The molecule has 2 saturated carbocycles. The minimum Gasteiger partial charge on any atom is -0.207 e. The molecule has 1 aromatic carbocycles. The maximum atomic E-state index is 14.9. The third-order valence-corrected chi connectivity index (χ3v) is 6.56. The number of hydrogen-bond acceptors (Lipinski definition) is 1. The van der Waals surface area contributed by atoms with Crippen LogP contribution in [-0.4, -0.2) is 5.92 Å². The normalized spacial score (nSPS) is 32.1. The lowest BCUT2D eigenvalue weighted by atomic mass is 9.66. The van der Waals surface area contributed by atoms with Crippen LogP contribution in [0.2, 0.25) is 0 Å². The van der Waals surface area contributed by atoms with E-state index in [2.05, 4.69) is 13.0 Å². The van der Waals surface area contributed by atoms with E-state index in [4.69, 9.17) is 5.26 Å². The smallest absolute Gasteiger partial charge is 0.207 e. The molecular formula is C22H29F2N. The van der Waals surface area contributed by atoms with E-state index in [-0.39, 0.29) is 18.3 Å². The molecule has 2 atom stereocenters. The van der Waals surface area contributed by atoms with Gasteiger partial charge in [0.05, 0.1) is 11.6 Å². The average Bonchev–Trinajstić information content (AvgIpc) is 2.62. The highest BCUT2D eigenvalue weighted by molar-refractivity contribution is 5.33. The predicted octanol–water partition coefficient (Wildman–Crippen LogP) is 6.68. The molecule has 136 valence electrons. The van der Waals surface area contributed by atoms with Crippen LogP contribution in [-0.2, 0) is 0 Å². The molecule has 2 fully saturated rings. The van der Waals surface area contributed by atoms with Gasteiger partial charge in [0, 0.05) is 12.3 Å². The maximum absolute atomic E-state index is 14.9. The van der Waals surface area contributed by atoms with Crippen LogP contribution in [0.4, 0.5) is 8.78 Å². The summed E-state index contributed by atoms with van der Waals surface area (Å²) in [6.45, 7) is 2.21. The van der Waals surface area contributed by atoms with Crippen LogP contribution in [0.3, 0.4) is 0 Å². The van der Waals surface area contributed by atoms with E-state index in [0.717, 1.165) is 43.6 Å². The molecule has 0 radical (unpaired) electrons. The second-order valence-corrected chi connectivity index (χ2v) is 8.15. The molecule has 0 saturated heterocycles. The molecule has 0 bridgehead atoms. The van der Waals surface area contributed by atoms with Crippen molar-refractivity contribution in [3.05, 3.63) is 35.4 Å². The number of alkyl halides is 2. The number of hydrogen-bond donors (Lipinski definition) is 0. The van der Waals surface area contributed by atoms with Gasteiger partial charge >= 0.3 is 0 Å². The number of nitrogens with zero attached hydrogens (tertiary/aromatic N) is 1. The second kappa shape index (κ2) is 7.85. The fourth-order valence-corrected chi connectivity index (χ4v) is 5.16. The Morgan fingerprint density at radius 1 is 1.04 bits per heavy atom. The van der Waals surface area contributed by atoms with Gasteiger partial charge in [0.2, 0.25) is 0 Å². The van der Waals surface area contributed by atoms with Crippen molar-refractivity contribution in [3.63, 3.8) is 0 Å². The van der Waals surface area contributed by atoms with Crippen LogP contribution < -0.4 is 0 Å². The molecule has 0 amide bonds. The van der Waals surface area contributed by atoms with Gasteiger partial charge in [-0.05, 0) is 61.1 Å². The van der Waals surface area contributed by atoms with Crippen molar-refractivity contribution in [1.29, 1.82) is 5.26 Å². The van der Waals surface area contributed by atoms with Crippen molar-refractivity contribution in [1.82, 2.24) is 0 Å². The minimum atomic E-state index is -2.56. The summed E-state index contributed by atoms with van der Waals surface area (Å²) in [5, 5.41) is 8.88. The SMILES string of the molecule is CCCC1CCC([C@H]2CC[C@H](c3ccc(C#N)cc3)CC2(F)F)CC1. The van der Waals surface area contributed by atoms with Crippen molar-refractivity contribution in [2.24, 2.45) is 17.8 Å². The van der Waals surface area contributed by atoms with Crippen molar-refractivity contribution in [2.75, 3.05) is 0 Å². The molecule has 0 aromatic heterocycles. The number of nitriles is 1. The molecule has 3 rings (SSSR count). The Labute approximate surface area is 150 Å². The molecule has 1 nitrogen and oxygen atoms in total. The second-order valence-electron chi connectivity index (χ2n) is 8.15. The van der Waals surface area contributed by atoms with Gasteiger partial charge in [-0.1, -0.05) is 44.7 Å². The molecule has 0 aliphatic heterocycles. The van der Waals surface area contributed by atoms with E-state index in [9.17, 15) is 8.78 Å². The van der Waals surface area contributed by atoms with Gasteiger partial charge in [-0.15, -0.1) is 0 Å². The van der Waals surface area contributed by atoms with Gasteiger partial charge in [-0.25, -0.2) is 8.78 Å². The summed E-state index contributed by atoms with van der Waals surface area (Å²) in [4.78, 5) is 0. The van der Waals surface area contributed by atoms with Crippen molar-refractivity contribution >= 4 is 0 Å². The lowest BCUT2D eigenvalue weighted by molar-refractivity contribution is -0.118. The van der Waals surface area contributed by atoms with E-state index in [1.165, 1.54) is 12.8 Å². The predicted molar refractivity (Wildman–Crippen MR) is 96.5 cm³/mol. The van der Waals surface area contributed by atoms with E-state index < -0.39 is 11.8 Å². The first-order valence-corrected chi connectivity index (χ1v) is 9.91. The van der Waals surface area contributed by atoms with E-state index in [1.807, 2.05) is 12.1 Å². The van der Waals surface area contributed by atoms with Gasteiger partial charge in [0.25, 0.3) is 5.92 Å². The number of rotatable bonds is 4. The molecule has 25 heavy (non-hydrogen) atoms. The standard InChI is InChI=1S/C22H29F2N/c1-2-3-16-4-10-19(11-5-16)21-13-12-20(14-22(21,23)24)18-8-6-17(15-25)7-9-18/h6-9,16,19-21H,2-5,10-14H2,1H3/t16?,19?,20-,21+/m0/s1. The highest BCUT2D eigenvalue weighted by Gasteiger charge is 2.48. The molecule has 0 unspecified atom stereocenters. The fraction of sp³-hybridized carbons (Fsp3) is 0.682. The third-order valence-electron chi connectivity index (χ3n) is 6.56. The first-order chi connectivity index (χ1) is 12.0. The Hall–Kier alpha value is -1.43. The largest absolute Gasteiger partial charge is 0.251 e. The van der Waals surface area contributed by atoms with Crippen molar-refractivity contribution in [3.8, 4) is 6.07 Å². The Balaban J connectivity index is 1.61. The lowest BCUT2D eigenvalue weighted by Gasteiger charge is -2.42. The van der Waals surface area contributed by atoms with E-state index in [1.54, 1.807) is 12.1 Å². The monoisotopic (exact) mass is 345 g/mol. The van der Waals surface area contributed by atoms with Crippen LogP contribution in [0, 0.1) is 29.1 Å². The first kappa shape index (κ1) is 18.4. The van der Waals surface area contributed by atoms with E-state index in [0.29, 0.717) is 12.0 Å². The number of benzene rings is 1. The van der Waals surface area contributed by atoms with Crippen LogP contribution in [0.1, 0.15) is 81.8 Å². The summed E-state index contributed by atoms with van der Waals surface area (Å²) in [5.41, 5.74) is 1.55. The lowest BCUT2D eigenvalue weighted by Crippen LogP contribution is -2.40. The molecule has 0 heterocycles. The van der Waals surface area contributed by atoms with Crippen LogP contribution in [0.25, 0.3) is 0 Å². The fourth-order valence-electron chi connectivity index (χ4n) is 5.16. The molecule has 2 aliphatic carbocycles. The Morgan fingerprint density at radius 2 is 1.72 bits per heavy atom. The van der Waals surface area contributed by atoms with Crippen LogP contribution in [0.5, 0.6) is 0 Å². The molecule has 3 heteroatoms.